The minimum atomic E-state index is 0.157. The van der Waals surface area contributed by atoms with E-state index in [9.17, 15) is 4.79 Å². The van der Waals surface area contributed by atoms with Crippen molar-refractivity contribution in [2.45, 2.75) is 36.1 Å². The van der Waals surface area contributed by atoms with Gasteiger partial charge in [-0.3, -0.25) is 14.4 Å². The highest BCUT2D eigenvalue weighted by molar-refractivity contribution is 7.97. The fourth-order valence-corrected chi connectivity index (χ4v) is 5.46. The van der Waals surface area contributed by atoms with E-state index in [0.717, 1.165) is 37.5 Å². The molecule has 2 saturated heterocycles. The number of nitrogens with zero attached hydrogens (tertiary/aromatic N) is 2. The molecule has 4 rings (SSSR count). The molecule has 7 heteroatoms. The van der Waals surface area contributed by atoms with Gasteiger partial charge in [0.1, 0.15) is 0 Å². The molecular formula is C23H27Cl2N3OS. The molecule has 0 aliphatic carbocycles. The van der Waals surface area contributed by atoms with E-state index >= 15 is 0 Å². The number of hydrogen-bond donors (Lipinski definition) is 1. The highest BCUT2D eigenvalue weighted by atomic mass is 35.5. The Kier molecular flexibility index (Phi) is 7.60. The maximum atomic E-state index is 12.6. The Bertz CT molecular complexity index is 859. The molecule has 1 unspecified atom stereocenters. The van der Waals surface area contributed by atoms with Crippen molar-refractivity contribution in [3.8, 4) is 0 Å². The van der Waals surface area contributed by atoms with Crippen molar-refractivity contribution in [3.63, 3.8) is 0 Å². The van der Waals surface area contributed by atoms with E-state index in [1.165, 1.54) is 30.4 Å². The highest BCUT2D eigenvalue weighted by Gasteiger charge is 2.32. The van der Waals surface area contributed by atoms with E-state index in [0.29, 0.717) is 28.5 Å². The van der Waals surface area contributed by atoms with E-state index in [1.54, 1.807) is 12.1 Å². The second-order valence-corrected chi connectivity index (χ2v) is 9.78. The number of amides is 1. The van der Waals surface area contributed by atoms with Gasteiger partial charge in [-0.15, -0.1) is 0 Å². The number of halogens is 2. The lowest BCUT2D eigenvalue weighted by Crippen LogP contribution is -2.43. The molecule has 1 N–H and O–H groups in total. The Morgan fingerprint density at radius 1 is 1.00 bits per heavy atom. The molecule has 1 atom stereocenters. The summed E-state index contributed by atoms with van der Waals surface area (Å²) >= 11 is 13.4. The smallest absolute Gasteiger partial charge is 0.237 e. The predicted molar refractivity (Wildman–Crippen MR) is 125 cm³/mol. The number of carbonyl (C=O) groups is 1. The Hall–Kier alpha value is -1.24. The molecule has 4 nitrogen and oxygen atoms in total. The minimum Gasteiger partial charge on any atom is -0.340 e. The molecule has 0 saturated carbocycles. The number of nitrogens with one attached hydrogen (secondary N) is 1. The van der Waals surface area contributed by atoms with Crippen LogP contribution < -0.4 is 4.72 Å². The van der Waals surface area contributed by atoms with Gasteiger partial charge in [0.05, 0.1) is 16.6 Å². The number of piperidine rings is 1. The largest absolute Gasteiger partial charge is 0.340 e. The average molecular weight is 464 g/mol. The van der Waals surface area contributed by atoms with Gasteiger partial charge in [-0.1, -0.05) is 53.5 Å². The third kappa shape index (κ3) is 5.51. The van der Waals surface area contributed by atoms with Crippen LogP contribution in [0.5, 0.6) is 0 Å². The monoisotopic (exact) mass is 463 g/mol. The van der Waals surface area contributed by atoms with Crippen LogP contribution in [0.25, 0.3) is 0 Å². The highest BCUT2D eigenvalue weighted by Crippen LogP contribution is 2.30. The zero-order valence-electron chi connectivity index (χ0n) is 16.9. The van der Waals surface area contributed by atoms with E-state index in [-0.39, 0.29) is 5.91 Å². The molecule has 2 aromatic rings. The lowest BCUT2D eigenvalue weighted by Gasteiger charge is -2.36. The second kappa shape index (κ2) is 10.4. The molecule has 2 aliphatic heterocycles. The maximum Gasteiger partial charge on any atom is 0.237 e. The average Bonchev–Trinajstić information content (AvgIpc) is 3.27. The van der Waals surface area contributed by atoms with Crippen LogP contribution in [0.2, 0.25) is 10.0 Å². The molecule has 2 aromatic carbocycles. The van der Waals surface area contributed by atoms with Crippen LogP contribution in [-0.2, 0) is 4.79 Å². The molecule has 2 aliphatic rings. The fourth-order valence-electron chi connectivity index (χ4n) is 4.42. The Morgan fingerprint density at radius 3 is 2.50 bits per heavy atom. The van der Waals surface area contributed by atoms with Crippen LogP contribution in [0.1, 0.15) is 30.7 Å². The Morgan fingerprint density at radius 2 is 1.77 bits per heavy atom. The van der Waals surface area contributed by atoms with Crippen molar-refractivity contribution in [1.82, 2.24) is 14.5 Å². The summed E-state index contributed by atoms with van der Waals surface area (Å²) in [5.74, 6) is 0.827. The summed E-state index contributed by atoms with van der Waals surface area (Å²) in [4.78, 5) is 18.1. The molecule has 30 heavy (non-hydrogen) atoms. The maximum absolute atomic E-state index is 12.6. The summed E-state index contributed by atoms with van der Waals surface area (Å²) in [6.07, 6.45) is 3.48. The molecule has 0 spiro atoms. The Labute approximate surface area is 193 Å². The van der Waals surface area contributed by atoms with Crippen molar-refractivity contribution in [1.29, 1.82) is 0 Å². The van der Waals surface area contributed by atoms with Crippen molar-refractivity contribution < 1.29 is 4.79 Å². The van der Waals surface area contributed by atoms with Crippen molar-refractivity contribution in [2.24, 2.45) is 0 Å². The summed E-state index contributed by atoms with van der Waals surface area (Å²) in [6, 6.07) is 16.8. The Balaban J connectivity index is 1.19. The van der Waals surface area contributed by atoms with Gasteiger partial charge in [-0.05, 0) is 74.0 Å². The molecule has 1 amide bonds. The quantitative estimate of drug-likeness (QED) is 0.606. The molecule has 160 valence electrons. The van der Waals surface area contributed by atoms with Gasteiger partial charge in [0.25, 0.3) is 0 Å². The van der Waals surface area contributed by atoms with Crippen LogP contribution in [0.3, 0.4) is 0 Å². The van der Waals surface area contributed by atoms with E-state index in [2.05, 4.69) is 40.0 Å². The number of benzene rings is 2. The first-order chi connectivity index (χ1) is 14.6. The summed E-state index contributed by atoms with van der Waals surface area (Å²) < 4.78 is 3.15. The third-order valence-corrected chi connectivity index (χ3v) is 7.65. The van der Waals surface area contributed by atoms with Gasteiger partial charge in [0.2, 0.25) is 5.91 Å². The topological polar surface area (TPSA) is 35.6 Å². The molecule has 2 fully saturated rings. The summed E-state index contributed by atoms with van der Waals surface area (Å²) in [6.45, 7) is 4.25. The lowest BCUT2D eigenvalue weighted by molar-refractivity contribution is -0.129. The van der Waals surface area contributed by atoms with E-state index in [4.69, 9.17) is 23.2 Å². The first-order valence-electron chi connectivity index (χ1n) is 10.5. The number of hydrogen-bond acceptors (Lipinski definition) is 4. The standard InChI is InChI=1S/C23H27Cl2N3OS/c24-21-7-6-20(14-22(21)25)30-26-15-23(29)28-13-10-19(16-28)27-11-8-18(9-12-27)17-4-2-1-3-5-17/h1-7,14,18-19,26H,8-13,15-16H2. The normalized spacial score (nSPS) is 20.6. The van der Waals surface area contributed by atoms with Gasteiger partial charge in [0.15, 0.2) is 0 Å². The number of rotatable bonds is 6. The zero-order chi connectivity index (χ0) is 20.9. The van der Waals surface area contributed by atoms with Crippen LogP contribution >= 0.6 is 35.1 Å². The van der Waals surface area contributed by atoms with Crippen LogP contribution in [0.4, 0.5) is 0 Å². The SMILES string of the molecule is O=C(CNSc1ccc(Cl)c(Cl)c1)N1CCC(N2CCC(c3ccccc3)CC2)C1. The number of likely N-dealkylation sites (tertiary alicyclic amines) is 2. The molecular weight excluding hydrogens is 437 g/mol. The van der Waals surface area contributed by atoms with Gasteiger partial charge < -0.3 is 4.90 Å². The van der Waals surface area contributed by atoms with Gasteiger partial charge >= 0.3 is 0 Å². The van der Waals surface area contributed by atoms with Crippen LogP contribution in [0.15, 0.2) is 53.4 Å². The van der Waals surface area contributed by atoms with E-state index < -0.39 is 0 Å². The number of carbonyl (C=O) groups excluding carboxylic acids is 1. The molecule has 0 aromatic heterocycles. The lowest BCUT2D eigenvalue weighted by atomic mass is 9.89. The minimum absolute atomic E-state index is 0.157. The summed E-state index contributed by atoms with van der Waals surface area (Å²) in [7, 11) is 0. The molecule has 2 heterocycles. The van der Waals surface area contributed by atoms with Crippen molar-refractivity contribution in [3.05, 3.63) is 64.1 Å². The molecule has 0 bridgehead atoms. The first-order valence-corrected chi connectivity index (χ1v) is 12.1. The van der Waals surface area contributed by atoms with Crippen molar-refractivity contribution in [2.75, 3.05) is 32.7 Å². The fraction of sp³-hybridized carbons (Fsp3) is 0.435. The summed E-state index contributed by atoms with van der Waals surface area (Å²) in [5.41, 5.74) is 1.46. The van der Waals surface area contributed by atoms with Crippen molar-refractivity contribution >= 4 is 41.1 Å². The van der Waals surface area contributed by atoms with Gasteiger partial charge in [0, 0.05) is 24.0 Å². The van der Waals surface area contributed by atoms with Crippen LogP contribution in [-0.4, -0.2) is 54.5 Å². The third-order valence-electron chi connectivity index (χ3n) is 6.14. The van der Waals surface area contributed by atoms with Crippen LogP contribution in [0, 0.1) is 0 Å². The molecule has 0 radical (unpaired) electrons. The van der Waals surface area contributed by atoms with E-state index in [1.807, 2.05) is 11.0 Å². The zero-order valence-corrected chi connectivity index (χ0v) is 19.2. The predicted octanol–water partition coefficient (Wildman–Crippen LogP) is 5.07. The first kappa shape index (κ1) is 22.0. The summed E-state index contributed by atoms with van der Waals surface area (Å²) in [5, 5.41) is 1.06. The van der Waals surface area contributed by atoms with Gasteiger partial charge in [-0.25, -0.2) is 0 Å². The van der Waals surface area contributed by atoms with Gasteiger partial charge in [-0.2, -0.15) is 0 Å². The second-order valence-electron chi connectivity index (χ2n) is 8.00.